The highest BCUT2D eigenvalue weighted by Crippen LogP contribution is 2.49. The van der Waals surface area contributed by atoms with Crippen molar-refractivity contribution in [1.82, 2.24) is 4.98 Å². The summed E-state index contributed by atoms with van der Waals surface area (Å²) in [6.07, 6.45) is 8.02. The van der Waals surface area contributed by atoms with E-state index in [2.05, 4.69) is 116 Å². The minimum absolute atomic E-state index is 0.208. The second kappa shape index (κ2) is 8.60. The molecule has 0 amide bonds. The summed E-state index contributed by atoms with van der Waals surface area (Å²) in [5.41, 5.74) is 10.8. The molecule has 1 heterocycles. The van der Waals surface area contributed by atoms with Crippen LogP contribution in [0.25, 0.3) is 27.2 Å². The van der Waals surface area contributed by atoms with E-state index in [0.717, 1.165) is 24.8 Å². The molecule has 2 aliphatic rings. The van der Waals surface area contributed by atoms with E-state index in [4.69, 9.17) is 4.98 Å². The lowest BCUT2D eigenvalue weighted by molar-refractivity contribution is 0.506. The molecule has 2 atom stereocenters. The first-order valence-electron chi connectivity index (χ1n) is 13.1. The van der Waals surface area contributed by atoms with Gasteiger partial charge in [-0.3, -0.25) is 4.98 Å². The van der Waals surface area contributed by atoms with E-state index in [1.165, 1.54) is 49.7 Å². The smallest absolute Gasteiger partial charge is 0.0708 e. The lowest BCUT2D eigenvalue weighted by atomic mass is 9.67. The molecule has 0 aliphatic heterocycles. The van der Waals surface area contributed by atoms with Crippen molar-refractivity contribution >= 4 is 27.2 Å². The number of aryl methyl sites for hydroxylation is 1. The molecule has 0 saturated carbocycles. The quantitative estimate of drug-likeness (QED) is 0.260. The van der Waals surface area contributed by atoms with Crippen molar-refractivity contribution in [3.8, 4) is 0 Å². The number of rotatable bonds is 3. The summed E-state index contributed by atoms with van der Waals surface area (Å²) in [4.78, 5) is 5.30. The maximum absolute atomic E-state index is 5.30. The van der Waals surface area contributed by atoms with Crippen LogP contribution in [0.5, 0.6) is 0 Å². The lowest BCUT2D eigenvalue weighted by Crippen LogP contribution is -2.25. The van der Waals surface area contributed by atoms with Crippen molar-refractivity contribution < 1.29 is 0 Å². The van der Waals surface area contributed by atoms with Gasteiger partial charge in [0, 0.05) is 17.0 Å². The third-order valence-corrected chi connectivity index (χ3v) is 8.16. The third kappa shape index (κ3) is 3.50. The number of hydrogen-bond acceptors (Lipinski definition) is 1. The number of nitrogens with zero attached hydrogens (tertiary/aromatic N) is 1. The van der Waals surface area contributed by atoms with Gasteiger partial charge in [-0.05, 0) is 82.8 Å². The van der Waals surface area contributed by atoms with E-state index in [1.807, 2.05) is 0 Å². The van der Waals surface area contributed by atoms with Gasteiger partial charge in [0.2, 0.25) is 0 Å². The fourth-order valence-electron chi connectivity index (χ4n) is 6.49. The van der Waals surface area contributed by atoms with Crippen LogP contribution in [0.1, 0.15) is 46.7 Å². The van der Waals surface area contributed by atoms with Crippen molar-refractivity contribution in [2.24, 2.45) is 5.92 Å². The molecule has 2 aliphatic carbocycles. The molecule has 2 unspecified atom stereocenters. The molecule has 0 spiro atoms. The molecule has 174 valence electrons. The van der Waals surface area contributed by atoms with Crippen LogP contribution in [0.2, 0.25) is 0 Å². The van der Waals surface area contributed by atoms with E-state index in [9.17, 15) is 0 Å². The predicted molar refractivity (Wildman–Crippen MR) is 151 cm³/mol. The zero-order valence-electron chi connectivity index (χ0n) is 20.6. The van der Waals surface area contributed by atoms with E-state index in [0.29, 0.717) is 5.92 Å². The SMILES string of the molecule is Cc1ccc2ccc(C(c3ccccc3)C3Cc4c(ccc5ccccc45)C4=C3CCC=C4)nc2c1. The Morgan fingerprint density at radius 3 is 2.53 bits per heavy atom. The molecule has 7 rings (SSSR count). The molecule has 0 saturated heterocycles. The van der Waals surface area contributed by atoms with Gasteiger partial charge < -0.3 is 0 Å². The summed E-state index contributed by atoms with van der Waals surface area (Å²) in [7, 11) is 0. The first-order chi connectivity index (χ1) is 17.8. The number of pyridine rings is 1. The van der Waals surface area contributed by atoms with Crippen molar-refractivity contribution in [2.75, 3.05) is 0 Å². The van der Waals surface area contributed by atoms with Crippen molar-refractivity contribution in [3.63, 3.8) is 0 Å². The van der Waals surface area contributed by atoms with Crippen LogP contribution in [0.15, 0.2) is 115 Å². The summed E-state index contributed by atoms with van der Waals surface area (Å²) >= 11 is 0. The van der Waals surface area contributed by atoms with E-state index in [-0.39, 0.29) is 5.92 Å². The normalized spacial score (nSPS) is 17.8. The fourth-order valence-corrected chi connectivity index (χ4v) is 6.49. The van der Waals surface area contributed by atoms with Crippen molar-refractivity contribution in [1.29, 1.82) is 0 Å². The molecule has 0 radical (unpaired) electrons. The van der Waals surface area contributed by atoms with Gasteiger partial charge in [-0.2, -0.15) is 0 Å². The number of benzene rings is 4. The molecule has 36 heavy (non-hydrogen) atoms. The van der Waals surface area contributed by atoms with Crippen LogP contribution < -0.4 is 0 Å². The lowest BCUT2D eigenvalue weighted by Gasteiger charge is -2.37. The number of fused-ring (bicyclic) bond motifs is 5. The number of hydrogen-bond donors (Lipinski definition) is 0. The van der Waals surface area contributed by atoms with Gasteiger partial charge >= 0.3 is 0 Å². The van der Waals surface area contributed by atoms with Gasteiger partial charge in [0.1, 0.15) is 0 Å². The Bertz CT molecular complexity index is 1670. The molecule has 0 fully saturated rings. The summed E-state index contributed by atoms with van der Waals surface area (Å²) in [6.45, 7) is 2.15. The maximum Gasteiger partial charge on any atom is 0.0708 e. The number of aromatic nitrogens is 1. The van der Waals surface area contributed by atoms with Gasteiger partial charge in [-0.25, -0.2) is 0 Å². The Kier molecular flexibility index (Phi) is 5.10. The largest absolute Gasteiger partial charge is 0.252 e. The van der Waals surface area contributed by atoms with Crippen molar-refractivity contribution in [3.05, 3.63) is 143 Å². The average Bonchev–Trinajstić information content (AvgIpc) is 2.93. The predicted octanol–water partition coefficient (Wildman–Crippen LogP) is 8.80. The van der Waals surface area contributed by atoms with E-state index >= 15 is 0 Å². The molecule has 0 bridgehead atoms. The van der Waals surface area contributed by atoms with Crippen LogP contribution >= 0.6 is 0 Å². The van der Waals surface area contributed by atoms with Crippen LogP contribution in [-0.4, -0.2) is 4.98 Å². The van der Waals surface area contributed by atoms with E-state index in [1.54, 1.807) is 5.57 Å². The van der Waals surface area contributed by atoms with Gasteiger partial charge in [0.15, 0.2) is 0 Å². The van der Waals surface area contributed by atoms with Crippen LogP contribution in [0.3, 0.4) is 0 Å². The standard InChI is InChI=1S/C35H29N/c1-23-15-16-25-18-20-33(36-34(25)21-23)35(26-10-3-2-4-11-26)32-22-31-27-12-6-5-9-24(27)17-19-30(31)28-13-7-8-14-29(28)32/h2-7,9-13,15-21,32,35H,8,14,22H2,1H3. The zero-order chi connectivity index (χ0) is 24.1. The minimum Gasteiger partial charge on any atom is -0.252 e. The first kappa shape index (κ1) is 21.3. The third-order valence-electron chi connectivity index (χ3n) is 8.16. The Hall–Kier alpha value is -3.97. The van der Waals surface area contributed by atoms with Crippen molar-refractivity contribution in [2.45, 2.75) is 32.1 Å². The summed E-state index contributed by atoms with van der Waals surface area (Å²) in [5, 5.41) is 3.92. The van der Waals surface area contributed by atoms with Crippen LogP contribution in [-0.2, 0) is 6.42 Å². The Labute approximate surface area is 212 Å². The number of allylic oxidation sites excluding steroid dienone is 4. The summed E-state index contributed by atoms with van der Waals surface area (Å²) < 4.78 is 0. The minimum atomic E-state index is 0.208. The molecule has 1 aromatic heterocycles. The topological polar surface area (TPSA) is 12.9 Å². The molecule has 1 heteroatoms. The molecule has 1 nitrogen and oxygen atoms in total. The Balaban J connectivity index is 1.47. The molecule has 5 aromatic rings. The second-order valence-corrected chi connectivity index (χ2v) is 10.3. The summed E-state index contributed by atoms with van der Waals surface area (Å²) in [6, 6.07) is 35.7. The molecule has 4 aromatic carbocycles. The zero-order valence-corrected chi connectivity index (χ0v) is 20.6. The monoisotopic (exact) mass is 463 g/mol. The van der Waals surface area contributed by atoms with Gasteiger partial charge in [0.25, 0.3) is 0 Å². The Morgan fingerprint density at radius 2 is 1.61 bits per heavy atom. The van der Waals surface area contributed by atoms with Gasteiger partial charge in [0.05, 0.1) is 5.52 Å². The highest BCUT2D eigenvalue weighted by atomic mass is 14.7. The molecular formula is C35H29N. The van der Waals surface area contributed by atoms with Gasteiger partial charge in [-0.1, -0.05) is 103 Å². The second-order valence-electron chi connectivity index (χ2n) is 10.3. The van der Waals surface area contributed by atoms with Gasteiger partial charge in [-0.15, -0.1) is 0 Å². The average molecular weight is 464 g/mol. The highest BCUT2D eigenvalue weighted by Gasteiger charge is 2.35. The maximum atomic E-state index is 5.30. The first-order valence-corrected chi connectivity index (χ1v) is 13.1. The molecular weight excluding hydrogens is 434 g/mol. The Morgan fingerprint density at radius 1 is 0.806 bits per heavy atom. The summed E-state index contributed by atoms with van der Waals surface area (Å²) in [5.74, 6) is 0.583. The fraction of sp³-hybridized carbons (Fsp3) is 0.171. The highest BCUT2D eigenvalue weighted by molar-refractivity contribution is 5.94. The van der Waals surface area contributed by atoms with Crippen LogP contribution in [0, 0.1) is 12.8 Å². The van der Waals surface area contributed by atoms with E-state index < -0.39 is 0 Å². The van der Waals surface area contributed by atoms with Crippen LogP contribution in [0.4, 0.5) is 0 Å². The molecule has 0 N–H and O–H groups in total.